The number of nitrogens with one attached hydrogen (secondary N) is 1. The number of hydrogen-bond donors (Lipinski definition) is 1. The van der Waals surface area contributed by atoms with Crippen molar-refractivity contribution in [2.75, 3.05) is 6.61 Å². The van der Waals surface area contributed by atoms with Crippen LogP contribution in [0.2, 0.25) is 5.02 Å². The lowest BCUT2D eigenvalue weighted by Crippen LogP contribution is -2.18. The zero-order valence-electron chi connectivity index (χ0n) is 12.3. The van der Waals surface area contributed by atoms with E-state index in [1.54, 1.807) is 30.5 Å². The first-order valence-corrected chi connectivity index (χ1v) is 7.40. The first kappa shape index (κ1) is 16.0. The van der Waals surface area contributed by atoms with E-state index in [9.17, 15) is 4.79 Å². The van der Waals surface area contributed by atoms with E-state index in [1.807, 2.05) is 31.2 Å². The molecule has 2 aromatic carbocycles. The Kier molecular flexibility index (Phi) is 5.98. The molecule has 0 fully saturated rings. The maximum absolute atomic E-state index is 12.0. The van der Waals surface area contributed by atoms with Crippen molar-refractivity contribution in [1.82, 2.24) is 5.43 Å². The van der Waals surface area contributed by atoms with E-state index in [0.717, 1.165) is 17.7 Å². The Balaban J connectivity index is 2.04. The number of carbonyl (C=O) groups excluding carboxylic acids is 1. The van der Waals surface area contributed by atoms with E-state index in [2.05, 4.69) is 10.5 Å². The van der Waals surface area contributed by atoms with E-state index in [4.69, 9.17) is 16.3 Å². The van der Waals surface area contributed by atoms with Crippen LogP contribution in [0, 0.1) is 0 Å². The van der Waals surface area contributed by atoms with Crippen LogP contribution in [0.4, 0.5) is 0 Å². The van der Waals surface area contributed by atoms with Gasteiger partial charge < -0.3 is 4.74 Å². The molecular weight excluding hydrogens is 300 g/mol. The molecule has 4 nitrogen and oxygen atoms in total. The molecule has 0 radical (unpaired) electrons. The van der Waals surface area contributed by atoms with Gasteiger partial charge in [0.15, 0.2) is 0 Å². The summed E-state index contributed by atoms with van der Waals surface area (Å²) in [5.74, 6) is 0.383. The lowest BCUT2D eigenvalue weighted by atomic mass is 10.2. The van der Waals surface area contributed by atoms with Gasteiger partial charge in [0, 0.05) is 5.56 Å². The average Bonchev–Trinajstić information content (AvgIpc) is 2.54. The third kappa shape index (κ3) is 4.33. The van der Waals surface area contributed by atoms with Gasteiger partial charge in [-0.1, -0.05) is 42.8 Å². The van der Waals surface area contributed by atoms with Gasteiger partial charge >= 0.3 is 0 Å². The van der Waals surface area contributed by atoms with E-state index in [1.165, 1.54) is 0 Å². The fraction of sp³-hybridized carbons (Fsp3) is 0.176. The molecule has 5 heteroatoms. The van der Waals surface area contributed by atoms with Crippen LogP contribution in [-0.4, -0.2) is 18.7 Å². The zero-order chi connectivity index (χ0) is 15.8. The summed E-state index contributed by atoms with van der Waals surface area (Å²) in [6.07, 6.45) is 2.48. The number of carbonyl (C=O) groups is 1. The highest BCUT2D eigenvalue weighted by Crippen LogP contribution is 2.16. The Morgan fingerprint density at radius 3 is 2.73 bits per heavy atom. The Bertz CT molecular complexity index is 671. The van der Waals surface area contributed by atoms with Crippen LogP contribution in [0.5, 0.6) is 5.75 Å². The van der Waals surface area contributed by atoms with Crippen molar-refractivity contribution in [1.29, 1.82) is 0 Å². The van der Waals surface area contributed by atoms with Crippen LogP contribution in [0.15, 0.2) is 53.6 Å². The van der Waals surface area contributed by atoms with Gasteiger partial charge in [0.25, 0.3) is 5.91 Å². The van der Waals surface area contributed by atoms with Gasteiger partial charge in [0.05, 0.1) is 23.4 Å². The maximum atomic E-state index is 12.0. The van der Waals surface area contributed by atoms with Crippen molar-refractivity contribution < 1.29 is 9.53 Å². The summed E-state index contributed by atoms with van der Waals surface area (Å²) in [6.45, 7) is 2.68. The highest BCUT2D eigenvalue weighted by atomic mass is 35.5. The molecule has 114 valence electrons. The number of para-hydroxylation sites is 1. The largest absolute Gasteiger partial charge is 0.493 e. The minimum absolute atomic E-state index is 0.353. The third-order valence-corrected chi connectivity index (χ3v) is 3.20. The summed E-state index contributed by atoms with van der Waals surface area (Å²) < 4.78 is 5.62. The van der Waals surface area contributed by atoms with Crippen molar-refractivity contribution in [3.05, 3.63) is 64.7 Å². The Morgan fingerprint density at radius 1 is 1.23 bits per heavy atom. The molecule has 22 heavy (non-hydrogen) atoms. The molecule has 0 saturated heterocycles. The molecule has 0 spiro atoms. The number of halogens is 1. The van der Waals surface area contributed by atoms with Crippen molar-refractivity contribution in [3.8, 4) is 5.75 Å². The molecule has 2 aromatic rings. The highest BCUT2D eigenvalue weighted by molar-refractivity contribution is 6.33. The number of nitrogens with zero attached hydrogens (tertiary/aromatic N) is 1. The summed E-state index contributed by atoms with van der Waals surface area (Å²) in [6, 6.07) is 14.3. The summed E-state index contributed by atoms with van der Waals surface area (Å²) in [5.41, 5.74) is 3.65. The predicted molar refractivity (Wildman–Crippen MR) is 88.7 cm³/mol. The maximum Gasteiger partial charge on any atom is 0.272 e. The molecule has 0 aliphatic carbocycles. The number of hydrogen-bond acceptors (Lipinski definition) is 3. The first-order chi connectivity index (χ1) is 10.7. The summed E-state index contributed by atoms with van der Waals surface area (Å²) >= 11 is 5.96. The minimum atomic E-state index is -0.353. The number of hydrazone groups is 1. The van der Waals surface area contributed by atoms with Crippen LogP contribution in [0.3, 0.4) is 0 Å². The first-order valence-electron chi connectivity index (χ1n) is 7.02. The van der Waals surface area contributed by atoms with Gasteiger partial charge in [-0.3, -0.25) is 4.79 Å². The fourth-order valence-corrected chi connectivity index (χ4v) is 2.02. The quantitative estimate of drug-likeness (QED) is 0.649. The molecule has 0 unspecified atom stereocenters. The number of rotatable bonds is 6. The van der Waals surface area contributed by atoms with E-state index in [0.29, 0.717) is 17.2 Å². The zero-order valence-corrected chi connectivity index (χ0v) is 13.0. The van der Waals surface area contributed by atoms with Crippen molar-refractivity contribution in [3.63, 3.8) is 0 Å². The van der Waals surface area contributed by atoms with Gasteiger partial charge in [-0.2, -0.15) is 5.10 Å². The second kappa shape index (κ2) is 8.20. The number of amides is 1. The Labute approximate surface area is 134 Å². The van der Waals surface area contributed by atoms with Gasteiger partial charge in [0.2, 0.25) is 0 Å². The van der Waals surface area contributed by atoms with Crippen molar-refractivity contribution in [2.45, 2.75) is 13.3 Å². The van der Waals surface area contributed by atoms with E-state index in [-0.39, 0.29) is 5.91 Å². The molecule has 0 aliphatic rings. The molecule has 2 rings (SSSR count). The molecule has 0 bridgehead atoms. The number of ether oxygens (including phenoxy) is 1. The standard InChI is InChI=1S/C17H17ClN2O2/c1-2-11-22-16-10-6-3-7-13(16)12-19-20-17(21)14-8-4-5-9-15(14)18/h3-10,12H,2,11H2,1H3,(H,20,21). The van der Waals surface area contributed by atoms with Crippen molar-refractivity contribution in [2.24, 2.45) is 5.10 Å². The third-order valence-electron chi connectivity index (χ3n) is 2.87. The van der Waals surface area contributed by atoms with Crippen molar-refractivity contribution >= 4 is 23.7 Å². The minimum Gasteiger partial charge on any atom is -0.493 e. The summed E-state index contributed by atoms with van der Waals surface area (Å²) in [7, 11) is 0. The molecule has 0 atom stereocenters. The monoisotopic (exact) mass is 316 g/mol. The Morgan fingerprint density at radius 2 is 1.95 bits per heavy atom. The van der Waals surface area contributed by atoms with Crippen LogP contribution in [0.25, 0.3) is 0 Å². The van der Waals surface area contributed by atoms with E-state index < -0.39 is 0 Å². The lowest BCUT2D eigenvalue weighted by molar-refractivity contribution is 0.0955. The molecule has 0 saturated carbocycles. The molecule has 1 amide bonds. The molecule has 0 aromatic heterocycles. The van der Waals surface area contributed by atoms with Crippen LogP contribution in [-0.2, 0) is 0 Å². The average molecular weight is 317 g/mol. The van der Waals surface area contributed by atoms with Gasteiger partial charge in [-0.15, -0.1) is 0 Å². The van der Waals surface area contributed by atoms with Gasteiger partial charge in [-0.05, 0) is 30.7 Å². The summed E-state index contributed by atoms with van der Waals surface area (Å²) in [4.78, 5) is 12.0. The Hall–Kier alpha value is -2.33. The topological polar surface area (TPSA) is 50.7 Å². The molecular formula is C17H17ClN2O2. The highest BCUT2D eigenvalue weighted by Gasteiger charge is 2.08. The smallest absolute Gasteiger partial charge is 0.272 e. The fourth-order valence-electron chi connectivity index (χ4n) is 1.80. The molecule has 0 aliphatic heterocycles. The SMILES string of the molecule is CCCOc1ccccc1C=NNC(=O)c1ccccc1Cl. The number of benzene rings is 2. The van der Waals surface area contributed by atoms with Crippen LogP contribution in [0.1, 0.15) is 29.3 Å². The molecule has 0 heterocycles. The molecule has 1 N–H and O–H groups in total. The van der Waals surface area contributed by atoms with E-state index >= 15 is 0 Å². The second-order valence-electron chi connectivity index (χ2n) is 4.57. The lowest BCUT2D eigenvalue weighted by Gasteiger charge is -2.07. The summed E-state index contributed by atoms with van der Waals surface area (Å²) in [5, 5.41) is 4.36. The normalized spacial score (nSPS) is 10.6. The predicted octanol–water partition coefficient (Wildman–Crippen LogP) is 3.89. The van der Waals surface area contributed by atoms with Crippen LogP contribution >= 0.6 is 11.6 Å². The van der Waals surface area contributed by atoms with Gasteiger partial charge in [-0.25, -0.2) is 5.43 Å². The van der Waals surface area contributed by atoms with Gasteiger partial charge in [0.1, 0.15) is 5.75 Å². The van der Waals surface area contributed by atoms with Crippen LogP contribution < -0.4 is 10.2 Å². The second-order valence-corrected chi connectivity index (χ2v) is 4.97.